The molecule has 2 saturated heterocycles. The van der Waals surface area contributed by atoms with Gasteiger partial charge in [0.25, 0.3) is 0 Å². The maximum atomic E-state index is 12.7. The molecule has 5 nitrogen and oxygen atoms in total. The molecule has 124 valence electrons. The van der Waals surface area contributed by atoms with Crippen LogP contribution in [-0.4, -0.2) is 48.9 Å². The van der Waals surface area contributed by atoms with E-state index in [-0.39, 0.29) is 17.9 Å². The van der Waals surface area contributed by atoms with Gasteiger partial charge >= 0.3 is 0 Å². The summed E-state index contributed by atoms with van der Waals surface area (Å²) in [5.74, 6) is -0.805. The van der Waals surface area contributed by atoms with E-state index >= 15 is 0 Å². The number of halogens is 2. The summed E-state index contributed by atoms with van der Waals surface area (Å²) in [6, 6.07) is 5.35. The Labute approximate surface area is 145 Å². The summed E-state index contributed by atoms with van der Waals surface area (Å²) in [7, 11) is 0. The van der Waals surface area contributed by atoms with Crippen molar-refractivity contribution in [3.05, 3.63) is 28.2 Å². The van der Waals surface area contributed by atoms with Crippen molar-refractivity contribution in [2.75, 3.05) is 31.1 Å². The highest BCUT2D eigenvalue weighted by Crippen LogP contribution is 2.31. The average Bonchev–Trinajstić information content (AvgIpc) is 2.91. The molecule has 2 amide bonds. The highest BCUT2D eigenvalue weighted by molar-refractivity contribution is 6.42. The molecule has 2 heterocycles. The minimum atomic E-state index is -0.588. The van der Waals surface area contributed by atoms with E-state index in [4.69, 9.17) is 23.2 Å². The van der Waals surface area contributed by atoms with Gasteiger partial charge in [0, 0.05) is 37.9 Å². The number of piperazine rings is 1. The van der Waals surface area contributed by atoms with Crippen molar-refractivity contribution in [2.45, 2.75) is 19.4 Å². The summed E-state index contributed by atoms with van der Waals surface area (Å²) in [4.78, 5) is 28.7. The van der Waals surface area contributed by atoms with Gasteiger partial charge in [0.15, 0.2) is 0 Å². The summed E-state index contributed by atoms with van der Waals surface area (Å²) in [5.41, 5.74) is 0.688. The van der Waals surface area contributed by atoms with Crippen molar-refractivity contribution in [1.29, 1.82) is 0 Å². The van der Waals surface area contributed by atoms with Crippen molar-refractivity contribution >= 4 is 40.7 Å². The number of nitrogens with one attached hydrogen (secondary N) is 1. The molecule has 0 spiro atoms. The van der Waals surface area contributed by atoms with Gasteiger partial charge in [-0.15, -0.1) is 0 Å². The minimum absolute atomic E-state index is 0.0640. The highest BCUT2D eigenvalue weighted by Gasteiger charge is 2.40. The molecule has 0 aliphatic carbocycles. The topological polar surface area (TPSA) is 52.7 Å². The molecular formula is C16H19Cl2N3O2. The zero-order valence-corrected chi connectivity index (χ0v) is 14.4. The van der Waals surface area contributed by atoms with Crippen molar-refractivity contribution < 1.29 is 9.59 Å². The summed E-state index contributed by atoms with van der Waals surface area (Å²) < 4.78 is 0. The number of carbonyl (C=O) groups excluding carboxylic acids is 2. The van der Waals surface area contributed by atoms with Crippen LogP contribution in [0.25, 0.3) is 0 Å². The molecule has 3 rings (SSSR count). The van der Waals surface area contributed by atoms with Crippen molar-refractivity contribution in [2.24, 2.45) is 5.92 Å². The third-order valence-electron chi connectivity index (χ3n) is 4.40. The zero-order chi connectivity index (χ0) is 16.6. The second-order valence-electron chi connectivity index (χ2n) is 6.07. The van der Waals surface area contributed by atoms with Crippen LogP contribution in [0.3, 0.4) is 0 Å². The quantitative estimate of drug-likeness (QED) is 0.827. The summed E-state index contributed by atoms with van der Waals surface area (Å²) in [6.45, 7) is 4.63. The summed E-state index contributed by atoms with van der Waals surface area (Å²) >= 11 is 11.9. The number of hydrogen-bond acceptors (Lipinski definition) is 3. The lowest BCUT2D eigenvalue weighted by Gasteiger charge is -2.33. The Morgan fingerprint density at radius 2 is 2.04 bits per heavy atom. The molecule has 2 fully saturated rings. The van der Waals surface area contributed by atoms with E-state index in [0.717, 1.165) is 6.54 Å². The van der Waals surface area contributed by atoms with E-state index in [1.54, 1.807) is 28.0 Å². The van der Waals surface area contributed by atoms with Gasteiger partial charge in [0.2, 0.25) is 11.8 Å². The third-order valence-corrected chi connectivity index (χ3v) is 5.14. The molecule has 2 atom stereocenters. The van der Waals surface area contributed by atoms with Crippen LogP contribution in [0.1, 0.15) is 13.3 Å². The first kappa shape index (κ1) is 16.6. The predicted molar refractivity (Wildman–Crippen MR) is 91.0 cm³/mol. The molecule has 1 N–H and O–H groups in total. The third kappa shape index (κ3) is 3.32. The first-order valence-corrected chi connectivity index (χ1v) is 8.51. The van der Waals surface area contributed by atoms with Crippen LogP contribution in [0, 0.1) is 5.92 Å². The zero-order valence-electron chi connectivity index (χ0n) is 12.9. The van der Waals surface area contributed by atoms with E-state index in [9.17, 15) is 9.59 Å². The number of hydrogen-bond donors (Lipinski definition) is 1. The lowest BCUT2D eigenvalue weighted by molar-refractivity contribution is -0.140. The number of carbonyl (C=O) groups is 2. The normalized spacial score (nSPS) is 25.1. The van der Waals surface area contributed by atoms with Crippen LogP contribution in [0.15, 0.2) is 18.2 Å². The largest absolute Gasteiger partial charge is 0.339 e. The van der Waals surface area contributed by atoms with Crippen molar-refractivity contribution in [3.63, 3.8) is 0 Å². The fourth-order valence-corrected chi connectivity index (χ4v) is 3.46. The molecule has 2 unspecified atom stereocenters. The maximum absolute atomic E-state index is 12.7. The van der Waals surface area contributed by atoms with Gasteiger partial charge in [-0.25, -0.2) is 0 Å². The van der Waals surface area contributed by atoms with Crippen molar-refractivity contribution in [3.8, 4) is 0 Å². The molecule has 23 heavy (non-hydrogen) atoms. The van der Waals surface area contributed by atoms with Gasteiger partial charge < -0.3 is 15.1 Å². The first-order valence-electron chi connectivity index (χ1n) is 7.76. The molecule has 2 aliphatic heterocycles. The van der Waals surface area contributed by atoms with E-state index in [0.29, 0.717) is 41.8 Å². The highest BCUT2D eigenvalue weighted by atomic mass is 35.5. The summed E-state index contributed by atoms with van der Waals surface area (Å²) in [5, 5.41) is 4.15. The first-order chi connectivity index (χ1) is 11.0. The standard InChI is InChI=1S/C16H19Cl2N3O2/c1-10-9-20(7-5-19-10)15(22)12-4-6-21(16(12)23)11-2-3-13(17)14(18)8-11/h2-3,8,10,12,19H,4-7,9H2,1H3. The van der Waals surface area contributed by atoms with E-state index in [1.165, 1.54) is 0 Å². The van der Waals surface area contributed by atoms with Gasteiger partial charge in [0.1, 0.15) is 5.92 Å². The predicted octanol–water partition coefficient (Wildman–Crippen LogP) is 2.17. The van der Waals surface area contributed by atoms with Crippen LogP contribution in [-0.2, 0) is 9.59 Å². The molecule has 0 saturated carbocycles. The van der Waals surface area contributed by atoms with E-state index in [2.05, 4.69) is 5.32 Å². The molecule has 2 aliphatic rings. The fourth-order valence-electron chi connectivity index (χ4n) is 3.17. The lowest BCUT2D eigenvalue weighted by Crippen LogP contribution is -2.53. The monoisotopic (exact) mass is 355 g/mol. The van der Waals surface area contributed by atoms with Gasteiger partial charge in [-0.1, -0.05) is 23.2 Å². The lowest BCUT2D eigenvalue weighted by atomic mass is 10.1. The molecule has 7 heteroatoms. The number of nitrogens with zero attached hydrogens (tertiary/aromatic N) is 2. The molecular weight excluding hydrogens is 337 g/mol. The molecule has 1 aromatic carbocycles. The number of amides is 2. The van der Waals surface area contributed by atoms with E-state index < -0.39 is 5.92 Å². The van der Waals surface area contributed by atoms with Crippen LogP contribution >= 0.6 is 23.2 Å². The Balaban J connectivity index is 1.73. The molecule has 0 aromatic heterocycles. The number of rotatable bonds is 2. The molecule has 0 bridgehead atoms. The van der Waals surface area contributed by atoms with Crippen LogP contribution in [0.2, 0.25) is 10.0 Å². The Bertz CT molecular complexity index is 638. The van der Waals surface area contributed by atoms with Crippen molar-refractivity contribution in [1.82, 2.24) is 10.2 Å². The second kappa shape index (κ2) is 6.67. The SMILES string of the molecule is CC1CN(C(=O)C2CCN(c3ccc(Cl)c(Cl)c3)C2=O)CCN1. The maximum Gasteiger partial charge on any atom is 0.239 e. The van der Waals surface area contributed by atoms with Gasteiger partial charge in [-0.05, 0) is 31.5 Å². The Morgan fingerprint density at radius 1 is 1.26 bits per heavy atom. The van der Waals surface area contributed by atoms with Crippen LogP contribution < -0.4 is 10.2 Å². The van der Waals surface area contributed by atoms with Gasteiger partial charge in [-0.3, -0.25) is 9.59 Å². The Hall–Kier alpha value is -1.30. The fraction of sp³-hybridized carbons (Fsp3) is 0.500. The van der Waals surface area contributed by atoms with Gasteiger partial charge in [-0.2, -0.15) is 0 Å². The number of anilines is 1. The minimum Gasteiger partial charge on any atom is -0.339 e. The Kier molecular flexibility index (Phi) is 4.80. The molecule has 0 radical (unpaired) electrons. The summed E-state index contributed by atoms with van der Waals surface area (Å²) in [6.07, 6.45) is 0.538. The average molecular weight is 356 g/mol. The number of benzene rings is 1. The second-order valence-corrected chi connectivity index (χ2v) is 6.88. The van der Waals surface area contributed by atoms with Crippen LogP contribution in [0.5, 0.6) is 0 Å². The van der Waals surface area contributed by atoms with Gasteiger partial charge in [0.05, 0.1) is 10.0 Å². The van der Waals surface area contributed by atoms with E-state index in [1.807, 2.05) is 6.92 Å². The van der Waals surface area contributed by atoms with Crippen LogP contribution in [0.4, 0.5) is 5.69 Å². The smallest absolute Gasteiger partial charge is 0.239 e. The Morgan fingerprint density at radius 3 is 2.74 bits per heavy atom. The molecule has 1 aromatic rings.